The van der Waals surface area contributed by atoms with E-state index in [4.69, 9.17) is 17.1 Å². The first-order chi connectivity index (χ1) is 6.72. The van der Waals surface area contributed by atoms with E-state index < -0.39 is 0 Å². The van der Waals surface area contributed by atoms with Crippen LogP contribution in [0.1, 0.15) is 6.92 Å². The number of benzene rings is 1. The van der Waals surface area contributed by atoms with Crippen molar-refractivity contribution in [2.45, 2.75) is 6.92 Å². The molecule has 0 saturated heterocycles. The van der Waals surface area contributed by atoms with E-state index in [-0.39, 0.29) is 0 Å². The minimum atomic E-state index is 0.453. The van der Waals surface area contributed by atoms with Gasteiger partial charge in [-0.15, -0.1) is 0 Å². The van der Waals surface area contributed by atoms with Gasteiger partial charge in [0, 0.05) is 10.2 Å². The summed E-state index contributed by atoms with van der Waals surface area (Å²) in [6, 6.07) is 7.71. The topological polar surface area (TPSA) is 33.3 Å². The van der Waals surface area contributed by atoms with Gasteiger partial charge < -0.3 is 5.32 Å². The molecule has 14 heavy (non-hydrogen) atoms. The Morgan fingerprint density at radius 3 is 2.64 bits per heavy atom. The van der Waals surface area contributed by atoms with E-state index in [9.17, 15) is 0 Å². The predicted molar refractivity (Wildman–Crippen MR) is 65.1 cm³/mol. The van der Waals surface area contributed by atoms with E-state index in [1.165, 1.54) is 0 Å². The molecule has 0 aliphatic carbocycles. The minimum Gasteiger partial charge on any atom is -0.331 e. The SMILES string of the molecule is CCONC(=S)Nc1ccc(Br)cc1. The van der Waals surface area contributed by atoms with Crippen molar-refractivity contribution < 1.29 is 4.84 Å². The zero-order valence-corrected chi connectivity index (χ0v) is 10.1. The number of hydrogen-bond donors (Lipinski definition) is 2. The molecule has 1 aromatic rings. The molecule has 0 aromatic heterocycles. The zero-order valence-electron chi connectivity index (χ0n) is 7.71. The number of halogens is 1. The summed E-state index contributed by atoms with van der Waals surface area (Å²) < 4.78 is 1.03. The first-order valence-corrected chi connectivity index (χ1v) is 5.37. The molecule has 0 unspecified atom stereocenters. The van der Waals surface area contributed by atoms with E-state index in [1.807, 2.05) is 31.2 Å². The van der Waals surface area contributed by atoms with Crippen LogP contribution in [0.3, 0.4) is 0 Å². The lowest BCUT2D eigenvalue weighted by molar-refractivity contribution is 0.0986. The van der Waals surface area contributed by atoms with Crippen molar-refractivity contribution in [3.63, 3.8) is 0 Å². The Hall–Kier alpha value is -0.650. The van der Waals surface area contributed by atoms with Crippen LogP contribution < -0.4 is 10.8 Å². The molecule has 0 aliphatic heterocycles. The number of nitrogens with one attached hydrogen (secondary N) is 2. The molecule has 2 N–H and O–H groups in total. The second-order valence-electron chi connectivity index (χ2n) is 2.50. The molecular formula is C9H11BrN2OS. The van der Waals surface area contributed by atoms with Crippen LogP contribution in [-0.2, 0) is 4.84 Å². The van der Waals surface area contributed by atoms with E-state index in [0.717, 1.165) is 10.2 Å². The van der Waals surface area contributed by atoms with Gasteiger partial charge in [0.15, 0.2) is 5.11 Å². The third-order valence-electron chi connectivity index (χ3n) is 1.41. The zero-order chi connectivity index (χ0) is 10.4. The second-order valence-corrected chi connectivity index (χ2v) is 3.82. The average Bonchev–Trinajstić information content (AvgIpc) is 2.18. The highest BCUT2D eigenvalue weighted by Gasteiger charge is 1.95. The summed E-state index contributed by atoms with van der Waals surface area (Å²) in [4.78, 5) is 4.93. The van der Waals surface area contributed by atoms with Gasteiger partial charge in [-0.25, -0.2) is 5.48 Å². The lowest BCUT2D eigenvalue weighted by Gasteiger charge is -2.09. The van der Waals surface area contributed by atoms with Crippen LogP contribution in [0.5, 0.6) is 0 Å². The summed E-state index contributed by atoms with van der Waals surface area (Å²) in [5.74, 6) is 0. The number of thiocarbonyl (C=S) groups is 1. The van der Waals surface area contributed by atoms with Crippen molar-refractivity contribution in [3.05, 3.63) is 28.7 Å². The first-order valence-electron chi connectivity index (χ1n) is 4.16. The van der Waals surface area contributed by atoms with Crippen LogP contribution in [-0.4, -0.2) is 11.7 Å². The monoisotopic (exact) mass is 274 g/mol. The highest BCUT2D eigenvalue weighted by atomic mass is 79.9. The number of rotatable bonds is 3. The maximum Gasteiger partial charge on any atom is 0.195 e. The van der Waals surface area contributed by atoms with E-state index >= 15 is 0 Å². The number of hydrogen-bond acceptors (Lipinski definition) is 2. The largest absolute Gasteiger partial charge is 0.331 e. The quantitative estimate of drug-likeness (QED) is 0.656. The van der Waals surface area contributed by atoms with Gasteiger partial charge in [-0.05, 0) is 43.4 Å². The highest BCUT2D eigenvalue weighted by molar-refractivity contribution is 9.10. The van der Waals surface area contributed by atoms with Crippen molar-refractivity contribution in [2.75, 3.05) is 11.9 Å². The fourth-order valence-electron chi connectivity index (χ4n) is 0.828. The van der Waals surface area contributed by atoms with Crippen LogP contribution in [0, 0.1) is 0 Å². The molecule has 0 heterocycles. The Kier molecular flexibility index (Phi) is 4.86. The van der Waals surface area contributed by atoms with Gasteiger partial charge >= 0.3 is 0 Å². The third-order valence-corrected chi connectivity index (χ3v) is 2.13. The fraction of sp³-hybridized carbons (Fsp3) is 0.222. The molecule has 0 fully saturated rings. The fourth-order valence-corrected chi connectivity index (χ4v) is 1.27. The van der Waals surface area contributed by atoms with E-state index in [1.54, 1.807) is 0 Å². The smallest absolute Gasteiger partial charge is 0.195 e. The Morgan fingerprint density at radius 1 is 1.43 bits per heavy atom. The Bertz CT molecular complexity index is 302. The molecule has 0 amide bonds. The van der Waals surface area contributed by atoms with Crippen molar-refractivity contribution >= 4 is 38.9 Å². The van der Waals surface area contributed by atoms with Crippen molar-refractivity contribution in [2.24, 2.45) is 0 Å². The first kappa shape index (κ1) is 11.4. The highest BCUT2D eigenvalue weighted by Crippen LogP contribution is 2.13. The molecule has 0 aliphatic rings. The van der Waals surface area contributed by atoms with Gasteiger partial charge in [-0.2, -0.15) is 0 Å². The molecule has 0 spiro atoms. The van der Waals surface area contributed by atoms with Gasteiger partial charge in [-0.1, -0.05) is 15.9 Å². The Balaban J connectivity index is 2.44. The second kappa shape index (κ2) is 5.95. The van der Waals surface area contributed by atoms with Crippen molar-refractivity contribution in [3.8, 4) is 0 Å². The van der Waals surface area contributed by atoms with E-state index in [0.29, 0.717) is 11.7 Å². The summed E-state index contributed by atoms with van der Waals surface area (Å²) in [7, 11) is 0. The minimum absolute atomic E-state index is 0.453. The average molecular weight is 275 g/mol. The van der Waals surface area contributed by atoms with Crippen LogP contribution in [0.15, 0.2) is 28.7 Å². The molecule has 1 aromatic carbocycles. The summed E-state index contributed by atoms with van der Waals surface area (Å²) in [6.45, 7) is 2.46. The van der Waals surface area contributed by atoms with Crippen LogP contribution in [0.4, 0.5) is 5.69 Å². The predicted octanol–water partition coefficient (Wildman–Crippen LogP) is 2.69. The summed E-state index contributed by atoms with van der Waals surface area (Å²) in [5.41, 5.74) is 3.53. The molecule has 1 rings (SSSR count). The van der Waals surface area contributed by atoms with Crippen LogP contribution >= 0.6 is 28.1 Å². The molecule has 5 heteroatoms. The summed E-state index contributed by atoms with van der Waals surface area (Å²) in [5, 5.41) is 3.43. The van der Waals surface area contributed by atoms with Crippen molar-refractivity contribution in [1.82, 2.24) is 5.48 Å². The lowest BCUT2D eigenvalue weighted by Crippen LogP contribution is -2.28. The van der Waals surface area contributed by atoms with Crippen LogP contribution in [0.2, 0.25) is 0 Å². The molecular weight excluding hydrogens is 264 g/mol. The Labute approximate surface area is 96.9 Å². The summed E-state index contributed by atoms with van der Waals surface area (Å²) in [6.07, 6.45) is 0. The lowest BCUT2D eigenvalue weighted by atomic mass is 10.3. The van der Waals surface area contributed by atoms with Gasteiger partial charge in [0.2, 0.25) is 0 Å². The standard InChI is InChI=1S/C9H11BrN2OS/c1-2-13-12-9(14)11-8-5-3-7(10)4-6-8/h3-6H,2H2,1H3,(H2,11,12,14). The number of hydroxylamine groups is 1. The maximum absolute atomic E-state index is 4.98. The van der Waals surface area contributed by atoms with E-state index in [2.05, 4.69) is 26.7 Å². The molecule has 0 bridgehead atoms. The molecule has 3 nitrogen and oxygen atoms in total. The molecule has 0 radical (unpaired) electrons. The number of anilines is 1. The molecule has 0 saturated carbocycles. The molecule has 0 atom stereocenters. The van der Waals surface area contributed by atoms with Gasteiger partial charge in [0.05, 0.1) is 6.61 Å². The van der Waals surface area contributed by atoms with Gasteiger partial charge in [0.25, 0.3) is 0 Å². The van der Waals surface area contributed by atoms with Crippen molar-refractivity contribution in [1.29, 1.82) is 0 Å². The third kappa shape index (κ3) is 4.04. The van der Waals surface area contributed by atoms with Gasteiger partial charge in [0.1, 0.15) is 0 Å². The van der Waals surface area contributed by atoms with Crippen LogP contribution in [0.25, 0.3) is 0 Å². The normalized spacial score (nSPS) is 9.57. The summed E-state index contributed by atoms with van der Waals surface area (Å²) >= 11 is 8.33. The molecule has 76 valence electrons. The Morgan fingerprint density at radius 2 is 2.07 bits per heavy atom. The van der Waals surface area contributed by atoms with Gasteiger partial charge in [-0.3, -0.25) is 4.84 Å². The maximum atomic E-state index is 4.98.